The van der Waals surface area contributed by atoms with Gasteiger partial charge in [0, 0.05) is 18.7 Å². The molecular weight excluding hydrogens is 378 g/mol. The molecule has 0 aliphatic carbocycles. The van der Waals surface area contributed by atoms with Crippen LogP contribution < -0.4 is 9.47 Å². The van der Waals surface area contributed by atoms with Crippen molar-refractivity contribution in [3.05, 3.63) is 70.5 Å². The summed E-state index contributed by atoms with van der Waals surface area (Å²) >= 11 is 5.97. The molecule has 1 atom stereocenters. The van der Waals surface area contributed by atoms with Crippen LogP contribution in [-0.2, 0) is 17.7 Å². The second-order valence-electron chi connectivity index (χ2n) is 6.24. The largest absolute Gasteiger partial charge is 0.493 e. The minimum Gasteiger partial charge on any atom is -0.493 e. The Hall–Kier alpha value is -2.57. The van der Waals surface area contributed by atoms with Crippen molar-refractivity contribution in [2.45, 2.75) is 26.0 Å². The Balaban J connectivity index is 1.69. The number of benzene rings is 2. The number of hydrogen-bond donors (Lipinski definition) is 0. The molecule has 0 fully saturated rings. The fourth-order valence-corrected chi connectivity index (χ4v) is 3.12. The molecule has 148 valence electrons. The summed E-state index contributed by atoms with van der Waals surface area (Å²) in [6, 6.07) is 13.5. The number of methoxy groups -OCH3 is 2. The summed E-state index contributed by atoms with van der Waals surface area (Å²) in [4.78, 5) is 0. The Morgan fingerprint density at radius 2 is 1.86 bits per heavy atom. The maximum atomic E-state index is 5.97. The molecule has 1 unspecified atom stereocenters. The molecule has 6 nitrogen and oxygen atoms in total. The van der Waals surface area contributed by atoms with Gasteiger partial charge < -0.3 is 14.2 Å². The van der Waals surface area contributed by atoms with E-state index in [-0.39, 0.29) is 6.10 Å². The van der Waals surface area contributed by atoms with Crippen LogP contribution in [-0.4, -0.2) is 35.8 Å². The van der Waals surface area contributed by atoms with Crippen LogP contribution in [0.15, 0.2) is 48.7 Å². The summed E-state index contributed by atoms with van der Waals surface area (Å²) in [5, 5.41) is 9.21. The number of rotatable bonds is 9. The number of hydrogen-bond acceptors (Lipinski definition) is 5. The molecule has 1 aromatic heterocycles. The Morgan fingerprint density at radius 3 is 2.54 bits per heavy atom. The Kier molecular flexibility index (Phi) is 6.90. The molecule has 0 aliphatic rings. The Labute approximate surface area is 170 Å². The van der Waals surface area contributed by atoms with Crippen LogP contribution in [0.1, 0.15) is 29.8 Å². The lowest BCUT2D eigenvalue weighted by Gasteiger charge is -2.12. The normalized spacial score (nSPS) is 12.0. The molecular formula is C21H24ClN3O3. The zero-order chi connectivity index (χ0) is 19.9. The molecule has 0 spiro atoms. The van der Waals surface area contributed by atoms with E-state index in [1.165, 1.54) is 0 Å². The maximum Gasteiger partial charge on any atom is 0.161 e. The molecule has 2 aromatic carbocycles. The molecule has 0 bridgehead atoms. The van der Waals surface area contributed by atoms with Gasteiger partial charge in [-0.05, 0) is 48.7 Å². The molecule has 0 saturated heterocycles. The van der Waals surface area contributed by atoms with Crippen molar-refractivity contribution in [3.8, 4) is 11.5 Å². The van der Waals surface area contributed by atoms with E-state index in [1.54, 1.807) is 14.2 Å². The third-order valence-electron chi connectivity index (χ3n) is 4.39. The van der Waals surface area contributed by atoms with E-state index in [2.05, 4.69) is 10.3 Å². The topological polar surface area (TPSA) is 58.4 Å². The van der Waals surface area contributed by atoms with Crippen molar-refractivity contribution in [1.82, 2.24) is 15.0 Å². The summed E-state index contributed by atoms with van der Waals surface area (Å²) in [6.07, 6.45) is 2.43. The first-order valence-corrected chi connectivity index (χ1v) is 9.50. The molecule has 0 amide bonds. The van der Waals surface area contributed by atoms with Crippen molar-refractivity contribution >= 4 is 11.6 Å². The molecule has 0 radical (unpaired) electrons. The number of aromatic nitrogens is 3. The van der Waals surface area contributed by atoms with Crippen LogP contribution in [0.4, 0.5) is 0 Å². The standard InChI is InChI=1S/C21H24ClN3O3/c1-4-28-20-13-15(5-10-19(20)26-2)11-12-25-14-18(23-24-25)21(27-3)16-6-8-17(22)9-7-16/h5-10,13-14,21H,4,11-12H2,1-3H3. The van der Waals surface area contributed by atoms with Gasteiger partial charge in [0.15, 0.2) is 11.5 Å². The van der Waals surface area contributed by atoms with E-state index >= 15 is 0 Å². The Morgan fingerprint density at radius 1 is 1.07 bits per heavy atom. The molecule has 0 saturated carbocycles. The van der Waals surface area contributed by atoms with E-state index in [4.69, 9.17) is 25.8 Å². The van der Waals surface area contributed by atoms with E-state index in [1.807, 2.05) is 60.3 Å². The lowest BCUT2D eigenvalue weighted by Crippen LogP contribution is -2.04. The van der Waals surface area contributed by atoms with Crippen LogP contribution in [0.25, 0.3) is 0 Å². The summed E-state index contributed by atoms with van der Waals surface area (Å²) in [5.41, 5.74) is 2.88. The maximum absolute atomic E-state index is 5.97. The average Bonchev–Trinajstić information content (AvgIpc) is 3.17. The van der Waals surface area contributed by atoms with Crippen molar-refractivity contribution in [1.29, 1.82) is 0 Å². The number of nitrogens with zero attached hydrogens (tertiary/aromatic N) is 3. The highest BCUT2D eigenvalue weighted by Crippen LogP contribution is 2.28. The smallest absolute Gasteiger partial charge is 0.161 e. The highest BCUT2D eigenvalue weighted by molar-refractivity contribution is 6.30. The van der Waals surface area contributed by atoms with Crippen molar-refractivity contribution in [2.24, 2.45) is 0 Å². The number of aryl methyl sites for hydroxylation is 2. The van der Waals surface area contributed by atoms with E-state index < -0.39 is 0 Å². The lowest BCUT2D eigenvalue weighted by molar-refractivity contribution is 0.133. The predicted octanol–water partition coefficient (Wildman–Crippen LogP) is 4.32. The summed E-state index contributed by atoms with van der Waals surface area (Å²) in [7, 11) is 3.30. The number of halogens is 1. The van der Waals surface area contributed by atoms with E-state index in [9.17, 15) is 0 Å². The van der Waals surface area contributed by atoms with Gasteiger partial charge in [-0.15, -0.1) is 5.10 Å². The summed E-state index contributed by atoms with van der Waals surface area (Å²) in [6.45, 7) is 3.24. The van der Waals surface area contributed by atoms with Gasteiger partial charge in [0.05, 0.1) is 19.9 Å². The molecule has 0 aliphatic heterocycles. The minimum absolute atomic E-state index is 0.281. The van der Waals surface area contributed by atoms with Gasteiger partial charge in [0.2, 0.25) is 0 Å². The summed E-state index contributed by atoms with van der Waals surface area (Å²) < 4.78 is 18.4. The fraction of sp³-hybridized carbons (Fsp3) is 0.333. The molecule has 7 heteroatoms. The first-order valence-electron chi connectivity index (χ1n) is 9.12. The molecule has 28 heavy (non-hydrogen) atoms. The van der Waals surface area contributed by atoms with Crippen molar-refractivity contribution in [2.75, 3.05) is 20.8 Å². The first-order chi connectivity index (χ1) is 13.6. The molecule has 3 aromatic rings. The van der Waals surface area contributed by atoms with E-state index in [0.717, 1.165) is 34.7 Å². The summed E-state index contributed by atoms with van der Waals surface area (Å²) in [5.74, 6) is 1.49. The van der Waals surface area contributed by atoms with Gasteiger partial charge in [0.25, 0.3) is 0 Å². The van der Waals surface area contributed by atoms with Gasteiger partial charge in [-0.2, -0.15) is 0 Å². The van der Waals surface area contributed by atoms with Crippen molar-refractivity contribution < 1.29 is 14.2 Å². The minimum atomic E-state index is -0.281. The predicted molar refractivity (Wildman–Crippen MR) is 108 cm³/mol. The van der Waals surface area contributed by atoms with Crippen molar-refractivity contribution in [3.63, 3.8) is 0 Å². The zero-order valence-electron chi connectivity index (χ0n) is 16.3. The van der Waals surface area contributed by atoms with Gasteiger partial charge >= 0.3 is 0 Å². The third kappa shape index (κ3) is 4.82. The highest BCUT2D eigenvalue weighted by atomic mass is 35.5. The van der Waals surface area contributed by atoms with Gasteiger partial charge in [0.1, 0.15) is 11.8 Å². The molecule has 1 heterocycles. The van der Waals surface area contributed by atoms with Gasteiger partial charge in [-0.25, -0.2) is 0 Å². The van der Waals surface area contributed by atoms with Crippen LogP contribution in [0, 0.1) is 0 Å². The van der Waals surface area contributed by atoms with Crippen LogP contribution in [0.2, 0.25) is 5.02 Å². The molecule has 0 N–H and O–H groups in total. The second kappa shape index (κ2) is 9.57. The lowest BCUT2D eigenvalue weighted by atomic mass is 10.1. The second-order valence-corrected chi connectivity index (χ2v) is 6.68. The Bertz CT molecular complexity index is 896. The number of ether oxygens (including phenoxy) is 3. The quantitative estimate of drug-likeness (QED) is 0.534. The van der Waals surface area contributed by atoms with Crippen LogP contribution in [0.3, 0.4) is 0 Å². The van der Waals surface area contributed by atoms with Gasteiger partial charge in [-0.1, -0.05) is 35.0 Å². The molecule has 3 rings (SSSR count). The van der Waals surface area contributed by atoms with Gasteiger partial charge in [-0.3, -0.25) is 4.68 Å². The fourth-order valence-electron chi connectivity index (χ4n) is 3.00. The van der Waals surface area contributed by atoms with Crippen LogP contribution >= 0.6 is 11.6 Å². The zero-order valence-corrected chi connectivity index (χ0v) is 17.0. The highest BCUT2D eigenvalue weighted by Gasteiger charge is 2.17. The van der Waals surface area contributed by atoms with Crippen LogP contribution in [0.5, 0.6) is 11.5 Å². The van der Waals surface area contributed by atoms with E-state index in [0.29, 0.717) is 18.2 Å². The monoisotopic (exact) mass is 401 g/mol. The average molecular weight is 402 g/mol. The SMILES string of the molecule is CCOc1cc(CCn2cc(C(OC)c3ccc(Cl)cc3)nn2)ccc1OC. The first kappa shape index (κ1) is 20.2. The third-order valence-corrected chi connectivity index (χ3v) is 4.64.